The zero-order chi connectivity index (χ0) is 29.2. The van der Waals surface area contributed by atoms with Crippen molar-refractivity contribution in [3.05, 3.63) is 48.0 Å². The van der Waals surface area contributed by atoms with Gasteiger partial charge < -0.3 is 14.8 Å². The van der Waals surface area contributed by atoms with Crippen LogP contribution in [0.25, 0.3) is 10.2 Å². The van der Waals surface area contributed by atoms with Crippen molar-refractivity contribution in [2.75, 3.05) is 44.7 Å². The number of ether oxygens (including phenoxy) is 2. The molecule has 1 unspecified atom stereocenters. The molecule has 0 bridgehead atoms. The van der Waals surface area contributed by atoms with Gasteiger partial charge in [0.05, 0.1) is 40.5 Å². The van der Waals surface area contributed by atoms with Crippen molar-refractivity contribution in [1.29, 1.82) is 0 Å². The van der Waals surface area contributed by atoms with E-state index in [2.05, 4.69) is 29.0 Å². The van der Waals surface area contributed by atoms with E-state index >= 15 is 0 Å². The van der Waals surface area contributed by atoms with Crippen LogP contribution >= 0.6 is 11.3 Å². The van der Waals surface area contributed by atoms with E-state index in [0.717, 1.165) is 47.3 Å². The van der Waals surface area contributed by atoms with Crippen molar-refractivity contribution in [3.63, 3.8) is 0 Å². The number of piperidine rings is 1. The largest absolute Gasteiger partial charge is 0.494 e. The molecule has 2 aromatic carbocycles. The van der Waals surface area contributed by atoms with Gasteiger partial charge in [-0.2, -0.15) is 4.31 Å². The molecule has 41 heavy (non-hydrogen) atoms. The minimum absolute atomic E-state index is 0.149. The lowest BCUT2D eigenvalue weighted by Crippen LogP contribution is -2.64. The highest BCUT2D eigenvalue weighted by Gasteiger charge is 2.47. The van der Waals surface area contributed by atoms with Gasteiger partial charge in [-0.25, -0.2) is 13.4 Å². The Balaban J connectivity index is 1.28. The molecule has 0 radical (unpaired) electrons. The van der Waals surface area contributed by atoms with Gasteiger partial charge in [0, 0.05) is 19.1 Å². The molecule has 2 atom stereocenters. The Morgan fingerprint density at radius 3 is 2.73 bits per heavy atom. The van der Waals surface area contributed by atoms with E-state index in [0.29, 0.717) is 35.7 Å². The number of likely N-dealkylation sites (tertiary alicyclic amines) is 1. The maximum Gasteiger partial charge on any atom is 0.243 e. The molecule has 222 valence electrons. The van der Waals surface area contributed by atoms with Crippen molar-refractivity contribution in [2.45, 2.75) is 63.5 Å². The van der Waals surface area contributed by atoms with E-state index in [9.17, 15) is 13.2 Å². The molecule has 1 spiro atoms. The number of carbonyl (C=O) groups is 1. The summed E-state index contributed by atoms with van der Waals surface area (Å²) >= 11 is 1.42. The van der Waals surface area contributed by atoms with Crippen molar-refractivity contribution >= 4 is 42.6 Å². The summed E-state index contributed by atoms with van der Waals surface area (Å²) in [7, 11) is -3.71. The number of benzene rings is 2. The average Bonchev–Trinajstić information content (AvgIpc) is 3.31. The van der Waals surface area contributed by atoms with Crippen molar-refractivity contribution in [2.24, 2.45) is 5.92 Å². The normalized spacial score (nSPS) is 22.4. The number of anilines is 1. The minimum Gasteiger partial charge on any atom is -0.494 e. The standard InChI is InChI=1S/C30H40N4O5S2/c1-5-38-24-9-12-26-27(16-24)40-29(31-26)32-28(35)17-33-14-6-13-30(19-33)20-34(23(18-39-30)15-21(2)3)41(36,37)25-10-7-22(4)8-11-25/h7-12,16,21,23H,5-6,13-15,17-20H2,1-4H3,(H,31,32,35)/t23-,30?/m0/s1. The van der Waals surface area contributed by atoms with Crippen LogP contribution in [0.4, 0.5) is 5.13 Å². The van der Waals surface area contributed by atoms with E-state index in [4.69, 9.17) is 9.47 Å². The second-order valence-electron chi connectivity index (χ2n) is 11.6. The van der Waals surface area contributed by atoms with E-state index in [1.807, 2.05) is 44.2 Å². The third kappa shape index (κ3) is 6.91. The molecule has 1 amide bonds. The summed E-state index contributed by atoms with van der Waals surface area (Å²) < 4.78 is 42.5. The summed E-state index contributed by atoms with van der Waals surface area (Å²) in [5.74, 6) is 0.957. The maximum atomic E-state index is 13.9. The van der Waals surface area contributed by atoms with E-state index < -0.39 is 15.6 Å². The van der Waals surface area contributed by atoms with Gasteiger partial charge in [0.25, 0.3) is 0 Å². The number of sulfonamides is 1. The third-order valence-corrected chi connectivity index (χ3v) is 10.6. The second kappa shape index (κ2) is 12.3. The molecule has 2 fully saturated rings. The highest BCUT2D eigenvalue weighted by atomic mass is 32.2. The Morgan fingerprint density at radius 2 is 2.00 bits per heavy atom. The van der Waals surface area contributed by atoms with Crippen molar-refractivity contribution < 1.29 is 22.7 Å². The molecule has 3 aromatic rings. The van der Waals surface area contributed by atoms with E-state index in [-0.39, 0.29) is 25.0 Å². The first-order valence-electron chi connectivity index (χ1n) is 14.3. The maximum absolute atomic E-state index is 13.9. The molecule has 2 aliphatic rings. The summed E-state index contributed by atoms with van der Waals surface area (Å²) in [6, 6.07) is 12.5. The number of amides is 1. The Labute approximate surface area is 246 Å². The van der Waals surface area contributed by atoms with Gasteiger partial charge in [-0.15, -0.1) is 0 Å². The summed E-state index contributed by atoms with van der Waals surface area (Å²) in [5.41, 5.74) is 1.17. The molecule has 2 aliphatic heterocycles. The average molecular weight is 601 g/mol. The predicted octanol–water partition coefficient (Wildman–Crippen LogP) is 4.91. The van der Waals surface area contributed by atoms with Gasteiger partial charge in [-0.3, -0.25) is 9.69 Å². The monoisotopic (exact) mass is 600 g/mol. The zero-order valence-electron chi connectivity index (χ0n) is 24.3. The molecule has 0 saturated carbocycles. The molecule has 3 heterocycles. The van der Waals surface area contributed by atoms with Crippen LogP contribution in [0.2, 0.25) is 0 Å². The zero-order valence-corrected chi connectivity index (χ0v) is 25.9. The van der Waals surface area contributed by atoms with Gasteiger partial charge in [-0.1, -0.05) is 42.9 Å². The Kier molecular flexibility index (Phi) is 9.01. The summed E-state index contributed by atoms with van der Waals surface area (Å²) in [6.07, 6.45) is 2.29. The van der Waals surface area contributed by atoms with Crippen LogP contribution < -0.4 is 10.1 Å². The number of nitrogens with zero attached hydrogens (tertiary/aromatic N) is 3. The van der Waals surface area contributed by atoms with Crippen LogP contribution in [-0.2, 0) is 19.6 Å². The molecule has 9 nitrogen and oxygen atoms in total. The molecule has 1 N–H and O–H groups in total. The van der Waals surface area contributed by atoms with Crippen LogP contribution in [0.5, 0.6) is 5.75 Å². The first-order valence-corrected chi connectivity index (χ1v) is 16.6. The van der Waals surface area contributed by atoms with Crippen LogP contribution in [0.3, 0.4) is 0 Å². The SMILES string of the molecule is CCOc1ccc2nc(NC(=O)CN3CCCC4(C3)CN(S(=O)(=O)c3ccc(C)cc3)[C@@H](CC(C)C)CO4)sc2c1. The number of rotatable bonds is 9. The summed E-state index contributed by atoms with van der Waals surface area (Å²) in [6.45, 7) is 10.7. The first-order chi connectivity index (χ1) is 19.6. The molecule has 0 aliphatic carbocycles. The number of thiazole rings is 1. The third-order valence-electron chi connectivity index (χ3n) is 7.71. The molecule has 1 aromatic heterocycles. The smallest absolute Gasteiger partial charge is 0.243 e. The number of nitrogens with one attached hydrogen (secondary N) is 1. The minimum atomic E-state index is -3.71. The lowest BCUT2D eigenvalue weighted by molar-refractivity contribution is -0.146. The summed E-state index contributed by atoms with van der Waals surface area (Å²) in [4.78, 5) is 20.0. The van der Waals surface area contributed by atoms with Gasteiger partial charge in [0.15, 0.2) is 5.13 Å². The van der Waals surface area contributed by atoms with Gasteiger partial charge in [-0.05, 0) is 75.9 Å². The summed E-state index contributed by atoms with van der Waals surface area (Å²) in [5, 5.41) is 3.50. The number of morpholine rings is 1. The fourth-order valence-electron chi connectivity index (χ4n) is 5.82. The lowest BCUT2D eigenvalue weighted by atomic mass is 9.89. The quantitative estimate of drug-likeness (QED) is 0.372. The van der Waals surface area contributed by atoms with Crippen molar-refractivity contribution in [1.82, 2.24) is 14.2 Å². The number of hydrogen-bond acceptors (Lipinski definition) is 8. The highest BCUT2D eigenvalue weighted by Crippen LogP contribution is 2.36. The van der Waals surface area contributed by atoms with Gasteiger partial charge >= 0.3 is 0 Å². The Morgan fingerprint density at radius 1 is 1.22 bits per heavy atom. The van der Waals surface area contributed by atoms with E-state index in [1.54, 1.807) is 16.4 Å². The first kappa shape index (κ1) is 29.9. The molecular weight excluding hydrogens is 560 g/mol. The highest BCUT2D eigenvalue weighted by molar-refractivity contribution is 7.89. The van der Waals surface area contributed by atoms with Gasteiger partial charge in [0.1, 0.15) is 5.75 Å². The molecule has 2 saturated heterocycles. The van der Waals surface area contributed by atoms with Crippen LogP contribution in [0.1, 0.15) is 45.6 Å². The fourth-order valence-corrected chi connectivity index (χ4v) is 8.43. The predicted molar refractivity (Wildman–Crippen MR) is 162 cm³/mol. The topological polar surface area (TPSA) is 101 Å². The van der Waals surface area contributed by atoms with Crippen molar-refractivity contribution in [3.8, 4) is 5.75 Å². The Hall–Kier alpha value is -2.57. The van der Waals surface area contributed by atoms with Crippen LogP contribution in [-0.4, -0.2) is 79.5 Å². The second-order valence-corrected chi connectivity index (χ2v) is 14.5. The van der Waals surface area contributed by atoms with Crippen LogP contribution in [0, 0.1) is 12.8 Å². The molecule has 11 heteroatoms. The number of aromatic nitrogens is 1. The number of fused-ring (bicyclic) bond motifs is 1. The number of carbonyl (C=O) groups excluding carboxylic acids is 1. The van der Waals surface area contributed by atoms with Gasteiger partial charge in [0.2, 0.25) is 15.9 Å². The van der Waals surface area contributed by atoms with Crippen LogP contribution in [0.15, 0.2) is 47.4 Å². The lowest BCUT2D eigenvalue weighted by Gasteiger charge is -2.50. The Bertz CT molecular complexity index is 1470. The number of hydrogen-bond donors (Lipinski definition) is 1. The molecular formula is C30H40N4O5S2. The fraction of sp³-hybridized carbons (Fsp3) is 0.533. The number of aryl methyl sites for hydroxylation is 1. The molecule has 5 rings (SSSR count). The van der Waals surface area contributed by atoms with E-state index in [1.165, 1.54) is 11.3 Å².